The summed E-state index contributed by atoms with van der Waals surface area (Å²) in [5.74, 6) is 1.30. The standard InChI is InChI=1S/C22H26BrN3O5/c1-15(25-26-22(28)14-31-18-7-5-17(23)6-8-18)12-21(27)24-11-10-16-4-9-19(29-2)20(13-16)30-3/h4-9,13H,10-12,14H2,1-3H3,(H,24,27)(H,26,28). The highest BCUT2D eigenvalue weighted by Gasteiger charge is 2.07. The van der Waals surface area contributed by atoms with E-state index in [1.807, 2.05) is 30.3 Å². The van der Waals surface area contributed by atoms with Crippen LogP contribution in [0, 0.1) is 0 Å². The van der Waals surface area contributed by atoms with E-state index in [4.69, 9.17) is 14.2 Å². The molecule has 0 unspecified atom stereocenters. The summed E-state index contributed by atoms with van der Waals surface area (Å²) >= 11 is 3.33. The topological polar surface area (TPSA) is 98.2 Å². The van der Waals surface area contributed by atoms with Crippen molar-refractivity contribution in [3.63, 3.8) is 0 Å². The minimum absolute atomic E-state index is 0.0831. The maximum Gasteiger partial charge on any atom is 0.277 e. The molecule has 31 heavy (non-hydrogen) atoms. The van der Waals surface area contributed by atoms with E-state index in [9.17, 15) is 9.59 Å². The number of rotatable bonds is 11. The lowest BCUT2D eigenvalue weighted by Gasteiger charge is -2.10. The number of nitrogens with one attached hydrogen (secondary N) is 2. The van der Waals surface area contributed by atoms with Crippen LogP contribution in [-0.2, 0) is 16.0 Å². The number of hydrogen-bond acceptors (Lipinski definition) is 6. The Morgan fingerprint density at radius 1 is 1.00 bits per heavy atom. The Morgan fingerprint density at radius 3 is 2.39 bits per heavy atom. The maximum absolute atomic E-state index is 12.1. The Labute approximate surface area is 190 Å². The molecule has 0 atom stereocenters. The summed E-state index contributed by atoms with van der Waals surface area (Å²) in [6.07, 6.45) is 0.728. The molecule has 2 amide bonds. The largest absolute Gasteiger partial charge is 0.493 e. The molecule has 0 spiro atoms. The number of carbonyl (C=O) groups is 2. The van der Waals surface area contributed by atoms with Crippen molar-refractivity contribution in [1.29, 1.82) is 0 Å². The van der Waals surface area contributed by atoms with Crippen molar-refractivity contribution in [1.82, 2.24) is 10.7 Å². The first-order valence-electron chi connectivity index (χ1n) is 9.59. The Bertz CT molecular complexity index is 916. The van der Waals surface area contributed by atoms with E-state index in [2.05, 4.69) is 31.8 Å². The predicted molar refractivity (Wildman–Crippen MR) is 122 cm³/mol. The third kappa shape index (κ3) is 8.67. The fourth-order valence-electron chi connectivity index (χ4n) is 2.59. The number of amides is 2. The number of methoxy groups -OCH3 is 2. The Kier molecular flexibility index (Phi) is 9.83. The van der Waals surface area contributed by atoms with E-state index in [1.54, 1.807) is 33.3 Å². The van der Waals surface area contributed by atoms with Crippen molar-refractivity contribution in [2.75, 3.05) is 27.4 Å². The smallest absolute Gasteiger partial charge is 0.277 e. The zero-order valence-electron chi connectivity index (χ0n) is 17.7. The normalized spacial score (nSPS) is 10.9. The minimum Gasteiger partial charge on any atom is -0.493 e. The van der Waals surface area contributed by atoms with Gasteiger partial charge in [0.05, 0.1) is 20.6 Å². The number of carbonyl (C=O) groups excluding carboxylic acids is 2. The van der Waals surface area contributed by atoms with Crippen LogP contribution in [0.2, 0.25) is 0 Å². The van der Waals surface area contributed by atoms with Gasteiger partial charge in [-0.15, -0.1) is 0 Å². The highest BCUT2D eigenvalue weighted by molar-refractivity contribution is 9.10. The molecule has 166 valence electrons. The number of ether oxygens (including phenoxy) is 3. The molecule has 0 saturated carbocycles. The Morgan fingerprint density at radius 2 is 1.71 bits per heavy atom. The van der Waals surface area contributed by atoms with Crippen molar-refractivity contribution in [2.45, 2.75) is 19.8 Å². The summed E-state index contributed by atoms with van der Waals surface area (Å²) in [5.41, 5.74) is 3.89. The van der Waals surface area contributed by atoms with Crippen molar-refractivity contribution < 1.29 is 23.8 Å². The molecule has 2 aromatic carbocycles. The molecule has 0 bridgehead atoms. The van der Waals surface area contributed by atoms with E-state index in [1.165, 1.54) is 0 Å². The molecule has 0 aliphatic carbocycles. The van der Waals surface area contributed by atoms with Gasteiger partial charge in [-0.25, -0.2) is 5.43 Å². The maximum atomic E-state index is 12.1. The van der Waals surface area contributed by atoms with Gasteiger partial charge in [-0.3, -0.25) is 9.59 Å². The Hall–Kier alpha value is -3.07. The van der Waals surface area contributed by atoms with Gasteiger partial charge in [-0.2, -0.15) is 5.10 Å². The first-order chi connectivity index (χ1) is 14.9. The molecular formula is C22H26BrN3O5. The average Bonchev–Trinajstić information content (AvgIpc) is 2.77. The van der Waals surface area contributed by atoms with E-state index < -0.39 is 5.91 Å². The molecule has 9 heteroatoms. The molecule has 0 aliphatic heterocycles. The van der Waals surface area contributed by atoms with Gasteiger partial charge in [0.2, 0.25) is 5.91 Å². The van der Waals surface area contributed by atoms with E-state index >= 15 is 0 Å². The van der Waals surface area contributed by atoms with Gasteiger partial charge in [-0.1, -0.05) is 22.0 Å². The van der Waals surface area contributed by atoms with E-state index in [-0.39, 0.29) is 18.9 Å². The fraction of sp³-hybridized carbons (Fsp3) is 0.318. The monoisotopic (exact) mass is 491 g/mol. The molecular weight excluding hydrogens is 466 g/mol. The van der Waals surface area contributed by atoms with Gasteiger partial charge in [0, 0.05) is 16.7 Å². The molecule has 0 aliphatic rings. The van der Waals surface area contributed by atoms with E-state index in [0.717, 1.165) is 10.0 Å². The number of hydrazone groups is 1. The van der Waals surface area contributed by atoms with Crippen LogP contribution in [0.3, 0.4) is 0 Å². The van der Waals surface area contributed by atoms with Crippen LogP contribution < -0.4 is 25.0 Å². The molecule has 2 aromatic rings. The van der Waals surface area contributed by atoms with Crippen LogP contribution >= 0.6 is 15.9 Å². The average molecular weight is 492 g/mol. The second kappa shape index (κ2) is 12.6. The summed E-state index contributed by atoms with van der Waals surface area (Å²) in [5, 5.41) is 6.77. The fourth-order valence-corrected chi connectivity index (χ4v) is 2.85. The highest BCUT2D eigenvalue weighted by Crippen LogP contribution is 2.27. The predicted octanol–water partition coefficient (Wildman–Crippen LogP) is 3.09. The summed E-state index contributed by atoms with van der Waals surface area (Å²) < 4.78 is 16.8. The number of halogens is 1. The Balaban J connectivity index is 1.69. The lowest BCUT2D eigenvalue weighted by atomic mass is 10.1. The molecule has 2 rings (SSSR count). The lowest BCUT2D eigenvalue weighted by molar-refractivity contribution is -0.123. The van der Waals surface area contributed by atoms with E-state index in [0.29, 0.717) is 35.9 Å². The van der Waals surface area contributed by atoms with Crippen molar-refractivity contribution >= 4 is 33.5 Å². The summed E-state index contributed by atoms with van der Waals surface area (Å²) in [6, 6.07) is 12.8. The van der Waals surface area contributed by atoms with Gasteiger partial charge in [0.15, 0.2) is 18.1 Å². The molecule has 2 N–H and O–H groups in total. The van der Waals surface area contributed by atoms with Crippen molar-refractivity contribution in [3.8, 4) is 17.2 Å². The van der Waals surface area contributed by atoms with Gasteiger partial charge in [0.25, 0.3) is 5.91 Å². The number of hydrogen-bond donors (Lipinski definition) is 2. The molecule has 0 fully saturated rings. The van der Waals surface area contributed by atoms with Gasteiger partial charge >= 0.3 is 0 Å². The first-order valence-corrected chi connectivity index (χ1v) is 10.4. The van der Waals surface area contributed by atoms with Crippen LogP contribution in [0.5, 0.6) is 17.2 Å². The summed E-state index contributed by atoms with van der Waals surface area (Å²) in [6.45, 7) is 1.97. The third-order valence-corrected chi connectivity index (χ3v) is 4.68. The van der Waals surface area contributed by atoms with Crippen LogP contribution in [0.25, 0.3) is 0 Å². The van der Waals surface area contributed by atoms with Crippen molar-refractivity contribution in [2.24, 2.45) is 5.10 Å². The zero-order valence-corrected chi connectivity index (χ0v) is 19.3. The molecule has 0 saturated heterocycles. The second-order valence-electron chi connectivity index (χ2n) is 6.59. The second-order valence-corrected chi connectivity index (χ2v) is 7.51. The molecule has 0 heterocycles. The van der Waals surface area contributed by atoms with Crippen molar-refractivity contribution in [3.05, 3.63) is 52.5 Å². The number of benzene rings is 2. The first kappa shape index (κ1) is 24.2. The molecule has 8 nitrogen and oxygen atoms in total. The van der Waals surface area contributed by atoms with Crippen LogP contribution in [0.15, 0.2) is 52.0 Å². The van der Waals surface area contributed by atoms with Crippen LogP contribution in [-0.4, -0.2) is 44.9 Å². The van der Waals surface area contributed by atoms with Gasteiger partial charge in [-0.05, 0) is 55.3 Å². The zero-order chi connectivity index (χ0) is 22.6. The number of nitrogens with zero attached hydrogens (tertiary/aromatic N) is 1. The summed E-state index contributed by atoms with van der Waals surface area (Å²) in [4.78, 5) is 23.9. The molecule has 0 radical (unpaired) electrons. The quantitative estimate of drug-likeness (QED) is 0.371. The van der Waals surface area contributed by atoms with Crippen LogP contribution in [0.4, 0.5) is 0 Å². The third-order valence-electron chi connectivity index (χ3n) is 4.16. The highest BCUT2D eigenvalue weighted by atomic mass is 79.9. The summed E-state index contributed by atoms with van der Waals surface area (Å²) in [7, 11) is 3.16. The molecule has 0 aromatic heterocycles. The lowest BCUT2D eigenvalue weighted by Crippen LogP contribution is -2.29. The van der Waals surface area contributed by atoms with Gasteiger partial charge < -0.3 is 19.5 Å². The van der Waals surface area contributed by atoms with Gasteiger partial charge in [0.1, 0.15) is 5.75 Å². The van der Waals surface area contributed by atoms with Crippen LogP contribution in [0.1, 0.15) is 18.9 Å². The SMILES string of the molecule is COc1ccc(CCNC(=O)CC(C)=NNC(=O)COc2ccc(Br)cc2)cc1OC. The minimum atomic E-state index is -0.406.